The van der Waals surface area contributed by atoms with E-state index in [1.807, 2.05) is 11.8 Å². The van der Waals surface area contributed by atoms with Crippen molar-refractivity contribution in [3.63, 3.8) is 0 Å². The summed E-state index contributed by atoms with van der Waals surface area (Å²) in [6.45, 7) is 5.44. The Balaban J connectivity index is 1.56. The van der Waals surface area contributed by atoms with E-state index in [1.165, 1.54) is 4.31 Å². The van der Waals surface area contributed by atoms with Gasteiger partial charge in [-0.25, -0.2) is 8.42 Å². The van der Waals surface area contributed by atoms with Crippen LogP contribution in [0.3, 0.4) is 0 Å². The second-order valence-electron chi connectivity index (χ2n) is 7.73. The van der Waals surface area contributed by atoms with Gasteiger partial charge in [0.1, 0.15) is 5.54 Å². The third kappa shape index (κ3) is 4.57. The number of halogens is 1. The largest absolute Gasteiger partial charge is 0.337 e. The number of benzene rings is 1. The Hall–Kier alpha value is -1.47. The van der Waals surface area contributed by atoms with Crippen LogP contribution in [0.5, 0.6) is 0 Å². The first-order chi connectivity index (χ1) is 13.2. The lowest BCUT2D eigenvalue weighted by Gasteiger charge is -2.34. The maximum atomic E-state index is 12.9. The SMILES string of the molecule is Cc1cc(S(=O)(=O)N2CCN(CC(=O)NC(C)(C#N)C3CC3)CC2)ccc1Br. The summed E-state index contributed by atoms with van der Waals surface area (Å²) in [6, 6.07) is 7.24. The molecular formula is C19H25BrN4O3S. The maximum Gasteiger partial charge on any atom is 0.243 e. The molecule has 3 rings (SSSR count). The van der Waals surface area contributed by atoms with Crippen molar-refractivity contribution < 1.29 is 13.2 Å². The Morgan fingerprint density at radius 3 is 2.50 bits per heavy atom. The van der Waals surface area contributed by atoms with Gasteiger partial charge in [-0.1, -0.05) is 15.9 Å². The Bertz CT molecular complexity index is 902. The number of aryl methyl sites for hydroxylation is 1. The monoisotopic (exact) mass is 468 g/mol. The van der Waals surface area contributed by atoms with Crippen LogP contribution in [0.1, 0.15) is 25.3 Å². The van der Waals surface area contributed by atoms with E-state index >= 15 is 0 Å². The normalized spacial score (nSPS) is 20.9. The molecule has 7 nitrogen and oxygen atoms in total. The van der Waals surface area contributed by atoms with Crippen molar-refractivity contribution >= 4 is 31.9 Å². The van der Waals surface area contributed by atoms with Gasteiger partial charge in [0.15, 0.2) is 0 Å². The van der Waals surface area contributed by atoms with Crippen molar-refractivity contribution in [1.29, 1.82) is 5.26 Å². The minimum atomic E-state index is -3.55. The average molecular weight is 469 g/mol. The molecule has 1 amide bonds. The number of hydrogen-bond donors (Lipinski definition) is 1. The molecule has 152 valence electrons. The van der Waals surface area contributed by atoms with Crippen LogP contribution in [0, 0.1) is 24.2 Å². The van der Waals surface area contributed by atoms with E-state index in [-0.39, 0.29) is 23.3 Å². The van der Waals surface area contributed by atoms with E-state index < -0.39 is 15.6 Å². The quantitative estimate of drug-likeness (QED) is 0.687. The predicted molar refractivity (Wildman–Crippen MR) is 109 cm³/mol. The minimum absolute atomic E-state index is 0.176. The summed E-state index contributed by atoms with van der Waals surface area (Å²) in [6.07, 6.45) is 1.94. The van der Waals surface area contributed by atoms with Gasteiger partial charge in [0, 0.05) is 30.7 Å². The van der Waals surface area contributed by atoms with Crippen LogP contribution >= 0.6 is 15.9 Å². The van der Waals surface area contributed by atoms with E-state index in [9.17, 15) is 18.5 Å². The first-order valence-electron chi connectivity index (χ1n) is 9.36. The highest BCUT2D eigenvalue weighted by Crippen LogP contribution is 2.39. The molecule has 0 bridgehead atoms. The number of nitrogens with one attached hydrogen (secondary N) is 1. The number of carbonyl (C=O) groups excluding carboxylic acids is 1. The molecule has 2 fully saturated rings. The fraction of sp³-hybridized carbons (Fsp3) is 0.579. The Morgan fingerprint density at radius 2 is 1.96 bits per heavy atom. The highest BCUT2D eigenvalue weighted by atomic mass is 79.9. The Morgan fingerprint density at radius 1 is 1.32 bits per heavy atom. The van der Waals surface area contributed by atoms with Crippen LogP contribution in [0.15, 0.2) is 27.6 Å². The zero-order chi connectivity index (χ0) is 20.5. The van der Waals surface area contributed by atoms with Crippen molar-refractivity contribution in [1.82, 2.24) is 14.5 Å². The number of rotatable bonds is 6. The smallest absolute Gasteiger partial charge is 0.243 e. The standard InChI is InChI=1S/C19H25BrN4O3S/c1-14-11-16(5-6-17(14)20)28(26,27)24-9-7-23(8-10-24)12-18(25)22-19(2,13-21)15-3-4-15/h5-6,11,15H,3-4,7-10,12H2,1-2H3,(H,22,25). The Labute approximate surface area is 174 Å². The molecule has 1 aromatic carbocycles. The lowest BCUT2D eigenvalue weighted by atomic mass is 9.98. The van der Waals surface area contributed by atoms with E-state index in [2.05, 4.69) is 27.3 Å². The molecule has 0 radical (unpaired) electrons. The highest BCUT2D eigenvalue weighted by molar-refractivity contribution is 9.10. The van der Waals surface area contributed by atoms with Crippen LogP contribution in [0.25, 0.3) is 0 Å². The van der Waals surface area contributed by atoms with E-state index in [0.717, 1.165) is 22.9 Å². The van der Waals surface area contributed by atoms with E-state index in [1.54, 1.807) is 25.1 Å². The van der Waals surface area contributed by atoms with Gasteiger partial charge >= 0.3 is 0 Å². The number of piperazine rings is 1. The molecule has 1 unspecified atom stereocenters. The predicted octanol–water partition coefficient (Wildman–Crippen LogP) is 1.87. The molecule has 1 saturated carbocycles. The van der Waals surface area contributed by atoms with E-state index in [4.69, 9.17) is 0 Å². The molecule has 0 aromatic heterocycles. The van der Waals surface area contributed by atoms with Crippen LogP contribution in [0.4, 0.5) is 0 Å². The van der Waals surface area contributed by atoms with Crippen LogP contribution < -0.4 is 5.32 Å². The fourth-order valence-electron chi connectivity index (χ4n) is 3.47. The molecule has 1 aliphatic heterocycles. The summed E-state index contributed by atoms with van der Waals surface area (Å²) in [5, 5.41) is 12.2. The third-order valence-electron chi connectivity index (χ3n) is 5.49. The maximum absolute atomic E-state index is 12.9. The summed E-state index contributed by atoms with van der Waals surface area (Å²) in [5.74, 6) is 0.0496. The molecule has 1 aliphatic carbocycles. The van der Waals surface area contributed by atoms with Crippen molar-refractivity contribution in [2.75, 3.05) is 32.7 Å². The summed E-state index contributed by atoms with van der Waals surface area (Å²) < 4.78 is 28.1. The third-order valence-corrected chi connectivity index (χ3v) is 8.28. The second-order valence-corrected chi connectivity index (χ2v) is 10.5. The lowest BCUT2D eigenvalue weighted by Crippen LogP contribution is -2.54. The van der Waals surface area contributed by atoms with Crippen molar-refractivity contribution in [3.05, 3.63) is 28.2 Å². The molecular weight excluding hydrogens is 444 g/mol. The lowest BCUT2D eigenvalue weighted by molar-refractivity contribution is -0.123. The molecule has 9 heteroatoms. The van der Waals surface area contributed by atoms with Crippen LogP contribution in [-0.4, -0.2) is 61.8 Å². The summed E-state index contributed by atoms with van der Waals surface area (Å²) in [5.41, 5.74) is 0.0643. The van der Waals surface area contributed by atoms with Gasteiger partial charge in [-0.3, -0.25) is 9.69 Å². The zero-order valence-corrected chi connectivity index (χ0v) is 18.5. The molecule has 1 aromatic rings. The number of sulfonamides is 1. The minimum Gasteiger partial charge on any atom is -0.337 e. The first kappa shape index (κ1) is 21.2. The van der Waals surface area contributed by atoms with Gasteiger partial charge in [-0.05, 0) is 56.4 Å². The molecule has 1 N–H and O–H groups in total. The average Bonchev–Trinajstić information content (AvgIpc) is 3.50. The molecule has 1 atom stereocenters. The van der Waals surface area contributed by atoms with Crippen molar-refractivity contribution in [3.8, 4) is 6.07 Å². The highest BCUT2D eigenvalue weighted by Gasteiger charge is 2.43. The molecule has 2 aliphatic rings. The van der Waals surface area contributed by atoms with Gasteiger partial charge < -0.3 is 5.32 Å². The van der Waals surface area contributed by atoms with Gasteiger partial charge in [-0.2, -0.15) is 9.57 Å². The number of nitrogens with zero attached hydrogens (tertiary/aromatic N) is 3. The number of carbonyl (C=O) groups is 1. The van der Waals surface area contributed by atoms with E-state index in [0.29, 0.717) is 26.2 Å². The second kappa shape index (κ2) is 8.11. The van der Waals surface area contributed by atoms with Gasteiger partial charge in [0.25, 0.3) is 0 Å². The molecule has 1 saturated heterocycles. The Kier molecular flexibility index (Phi) is 6.15. The summed E-state index contributed by atoms with van der Waals surface area (Å²) >= 11 is 3.39. The van der Waals surface area contributed by atoms with Crippen LogP contribution in [0.2, 0.25) is 0 Å². The summed E-state index contributed by atoms with van der Waals surface area (Å²) in [4.78, 5) is 14.6. The van der Waals surface area contributed by atoms with Gasteiger partial charge in [0.2, 0.25) is 15.9 Å². The number of amides is 1. The number of nitriles is 1. The van der Waals surface area contributed by atoms with Crippen LogP contribution in [-0.2, 0) is 14.8 Å². The van der Waals surface area contributed by atoms with Gasteiger partial charge in [0.05, 0.1) is 17.5 Å². The van der Waals surface area contributed by atoms with Gasteiger partial charge in [-0.15, -0.1) is 0 Å². The molecule has 0 spiro atoms. The molecule has 1 heterocycles. The first-order valence-corrected chi connectivity index (χ1v) is 11.6. The fourth-order valence-corrected chi connectivity index (χ4v) is 5.22. The topological polar surface area (TPSA) is 93.5 Å². The van der Waals surface area contributed by atoms with Crippen molar-refractivity contribution in [2.24, 2.45) is 5.92 Å². The summed E-state index contributed by atoms with van der Waals surface area (Å²) in [7, 11) is -3.55. The van der Waals surface area contributed by atoms with Crippen molar-refractivity contribution in [2.45, 2.75) is 37.1 Å². The number of hydrogen-bond acceptors (Lipinski definition) is 5. The zero-order valence-electron chi connectivity index (χ0n) is 16.1. The molecule has 28 heavy (non-hydrogen) atoms.